The third-order valence-corrected chi connectivity index (χ3v) is 6.42. The maximum absolute atomic E-state index is 12.6. The number of carbonyl (C=O) groups excluding carboxylic acids is 1. The van der Waals surface area contributed by atoms with Gasteiger partial charge < -0.3 is 4.74 Å². The van der Waals surface area contributed by atoms with E-state index in [0.29, 0.717) is 18.1 Å². The number of thioether (sulfide) groups is 1. The van der Waals surface area contributed by atoms with Crippen molar-refractivity contribution in [2.24, 2.45) is 0 Å². The Morgan fingerprint density at radius 2 is 1.92 bits per heavy atom. The molecule has 0 unspecified atom stereocenters. The molecule has 0 aliphatic carbocycles. The van der Waals surface area contributed by atoms with E-state index < -0.39 is 10.0 Å². The third kappa shape index (κ3) is 5.46. The first-order valence-corrected chi connectivity index (χ1v) is 10.6. The molecule has 1 aliphatic rings. The highest BCUT2D eigenvalue weighted by atomic mass is 32.2. The molecule has 0 radical (unpaired) electrons. The van der Waals surface area contributed by atoms with Crippen LogP contribution in [0.2, 0.25) is 0 Å². The average Bonchev–Trinajstić information content (AvgIpc) is 2.82. The summed E-state index contributed by atoms with van der Waals surface area (Å²) in [6.45, 7) is 4.73. The summed E-state index contributed by atoms with van der Waals surface area (Å²) in [5.74, 6) is -0.151. The Hall–Kier alpha value is -1.12. The quantitative estimate of drug-likeness (QED) is 0.564. The molecule has 6 nitrogen and oxygen atoms in total. The molecule has 0 atom stereocenters. The van der Waals surface area contributed by atoms with Crippen molar-refractivity contribution in [1.82, 2.24) is 9.29 Å². The first-order valence-electron chi connectivity index (χ1n) is 8.18. The van der Waals surface area contributed by atoms with Gasteiger partial charge in [0.05, 0.1) is 16.9 Å². The van der Waals surface area contributed by atoms with Crippen molar-refractivity contribution in [3.63, 3.8) is 0 Å². The Balaban J connectivity index is 1.99. The molecule has 2 heterocycles. The van der Waals surface area contributed by atoms with Crippen molar-refractivity contribution >= 4 is 27.8 Å². The largest absolute Gasteiger partial charge is 0.462 e. The van der Waals surface area contributed by atoms with Gasteiger partial charge in [0.25, 0.3) is 0 Å². The van der Waals surface area contributed by atoms with Crippen LogP contribution < -0.4 is 0 Å². The minimum Gasteiger partial charge on any atom is -0.462 e. The smallest absolute Gasteiger partial charge is 0.316 e. The van der Waals surface area contributed by atoms with Gasteiger partial charge in [-0.05, 0) is 38.8 Å². The fraction of sp³-hybridized carbons (Fsp3) is 0.625. The maximum atomic E-state index is 12.6. The molecule has 0 bridgehead atoms. The predicted molar refractivity (Wildman–Crippen MR) is 93.4 cm³/mol. The van der Waals surface area contributed by atoms with E-state index in [1.54, 1.807) is 30.3 Å². The molecular formula is C16H24N2O4S2. The van der Waals surface area contributed by atoms with Gasteiger partial charge in [-0.3, -0.25) is 4.79 Å². The van der Waals surface area contributed by atoms with Gasteiger partial charge in [0.1, 0.15) is 4.90 Å². The number of hydrogen-bond donors (Lipinski definition) is 0. The second-order valence-electron chi connectivity index (χ2n) is 5.98. The molecule has 1 aromatic heterocycles. The summed E-state index contributed by atoms with van der Waals surface area (Å²) < 4.78 is 31.9. The van der Waals surface area contributed by atoms with Gasteiger partial charge >= 0.3 is 5.97 Å². The van der Waals surface area contributed by atoms with Crippen LogP contribution in [0.1, 0.15) is 39.5 Å². The van der Waals surface area contributed by atoms with Gasteiger partial charge in [0.2, 0.25) is 10.0 Å². The molecule has 134 valence electrons. The maximum Gasteiger partial charge on any atom is 0.316 e. The van der Waals surface area contributed by atoms with E-state index in [0.717, 1.165) is 25.7 Å². The molecular weight excluding hydrogens is 348 g/mol. The van der Waals surface area contributed by atoms with Crippen molar-refractivity contribution < 1.29 is 17.9 Å². The van der Waals surface area contributed by atoms with Crippen LogP contribution in [0.4, 0.5) is 0 Å². The molecule has 1 saturated heterocycles. The van der Waals surface area contributed by atoms with Crippen molar-refractivity contribution in [3.05, 3.63) is 18.3 Å². The van der Waals surface area contributed by atoms with Gasteiger partial charge in [-0.25, -0.2) is 13.4 Å². The van der Waals surface area contributed by atoms with E-state index in [-0.39, 0.29) is 22.7 Å². The molecule has 8 heteroatoms. The highest BCUT2D eigenvalue weighted by molar-refractivity contribution is 7.99. The Bertz CT molecular complexity index is 637. The molecule has 0 N–H and O–H groups in total. The van der Waals surface area contributed by atoms with Crippen molar-refractivity contribution in [2.45, 2.75) is 55.6 Å². The van der Waals surface area contributed by atoms with Crippen LogP contribution >= 0.6 is 11.8 Å². The molecule has 0 amide bonds. The topological polar surface area (TPSA) is 76.6 Å². The second kappa shape index (κ2) is 8.82. The molecule has 0 spiro atoms. The highest BCUT2D eigenvalue weighted by Gasteiger charge is 2.25. The summed E-state index contributed by atoms with van der Waals surface area (Å²) in [7, 11) is -3.48. The van der Waals surface area contributed by atoms with E-state index >= 15 is 0 Å². The van der Waals surface area contributed by atoms with E-state index in [2.05, 4.69) is 4.98 Å². The van der Waals surface area contributed by atoms with Gasteiger partial charge in [0, 0.05) is 19.3 Å². The van der Waals surface area contributed by atoms with E-state index in [1.165, 1.54) is 18.0 Å². The summed E-state index contributed by atoms with van der Waals surface area (Å²) in [6.07, 6.45) is 5.18. The molecule has 1 aromatic rings. The summed E-state index contributed by atoms with van der Waals surface area (Å²) in [5, 5.41) is 0.602. The van der Waals surface area contributed by atoms with Gasteiger partial charge in [-0.1, -0.05) is 24.6 Å². The lowest BCUT2D eigenvalue weighted by molar-refractivity contribution is -0.144. The molecule has 1 aliphatic heterocycles. The minimum absolute atomic E-state index is 0.146. The SMILES string of the molecule is CC(C)OC(=O)CSc1ccc(S(=O)(=O)N2CCCCCC2)cn1. The normalized spacial score (nSPS) is 16.8. The number of aromatic nitrogens is 1. The van der Waals surface area contributed by atoms with Crippen LogP contribution in [0.3, 0.4) is 0 Å². The van der Waals surface area contributed by atoms with Crippen molar-refractivity contribution in [1.29, 1.82) is 0 Å². The lowest BCUT2D eigenvalue weighted by Gasteiger charge is -2.19. The van der Waals surface area contributed by atoms with Gasteiger partial charge in [-0.2, -0.15) is 4.31 Å². The Morgan fingerprint density at radius 3 is 2.46 bits per heavy atom. The lowest BCUT2D eigenvalue weighted by Crippen LogP contribution is -2.32. The zero-order chi connectivity index (χ0) is 17.6. The van der Waals surface area contributed by atoms with Crippen molar-refractivity contribution in [2.75, 3.05) is 18.8 Å². The number of carbonyl (C=O) groups is 1. The summed E-state index contributed by atoms with van der Waals surface area (Å²) in [4.78, 5) is 15.9. The number of hydrogen-bond acceptors (Lipinski definition) is 6. The summed E-state index contributed by atoms with van der Waals surface area (Å²) >= 11 is 1.23. The summed E-state index contributed by atoms with van der Waals surface area (Å²) in [5.41, 5.74) is 0. The molecule has 1 fully saturated rings. The first kappa shape index (κ1) is 19.2. The van der Waals surface area contributed by atoms with E-state index in [4.69, 9.17) is 4.74 Å². The average molecular weight is 373 g/mol. The van der Waals surface area contributed by atoms with Crippen LogP contribution in [0.25, 0.3) is 0 Å². The Labute approximate surface area is 148 Å². The zero-order valence-electron chi connectivity index (χ0n) is 14.1. The van der Waals surface area contributed by atoms with E-state index in [9.17, 15) is 13.2 Å². The lowest BCUT2D eigenvalue weighted by atomic mass is 10.2. The molecule has 2 rings (SSSR count). The minimum atomic E-state index is -3.48. The molecule has 0 saturated carbocycles. The fourth-order valence-corrected chi connectivity index (χ4v) is 4.55. The second-order valence-corrected chi connectivity index (χ2v) is 8.91. The Kier molecular flexibility index (Phi) is 7.06. The Morgan fingerprint density at radius 1 is 1.25 bits per heavy atom. The predicted octanol–water partition coefficient (Wildman–Crippen LogP) is 2.69. The third-order valence-electron chi connectivity index (χ3n) is 3.62. The number of esters is 1. The zero-order valence-corrected chi connectivity index (χ0v) is 15.7. The molecule has 24 heavy (non-hydrogen) atoms. The first-order chi connectivity index (χ1) is 11.4. The van der Waals surface area contributed by atoms with Crippen LogP contribution in [0.5, 0.6) is 0 Å². The van der Waals surface area contributed by atoms with Crippen molar-refractivity contribution in [3.8, 4) is 0 Å². The van der Waals surface area contributed by atoms with Crippen LogP contribution in [-0.4, -0.2) is 48.6 Å². The number of sulfonamides is 1. The monoisotopic (exact) mass is 372 g/mol. The van der Waals surface area contributed by atoms with Gasteiger partial charge in [-0.15, -0.1) is 0 Å². The number of rotatable bonds is 6. The van der Waals surface area contributed by atoms with Crippen LogP contribution in [0, 0.1) is 0 Å². The number of ether oxygens (including phenoxy) is 1. The number of nitrogens with zero attached hydrogens (tertiary/aromatic N) is 2. The molecule has 0 aromatic carbocycles. The fourth-order valence-electron chi connectivity index (χ4n) is 2.47. The standard InChI is InChI=1S/C16H24N2O4S2/c1-13(2)22-16(19)12-23-15-8-7-14(11-17-15)24(20,21)18-9-5-3-4-6-10-18/h7-8,11,13H,3-6,9-10,12H2,1-2H3. The van der Waals surface area contributed by atoms with Gasteiger partial charge in [0.15, 0.2) is 0 Å². The van der Waals surface area contributed by atoms with Crippen LogP contribution in [0.15, 0.2) is 28.3 Å². The highest BCUT2D eigenvalue weighted by Crippen LogP contribution is 2.22. The van der Waals surface area contributed by atoms with Crippen LogP contribution in [-0.2, 0) is 19.6 Å². The summed E-state index contributed by atoms with van der Waals surface area (Å²) in [6, 6.07) is 3.20. The number of pyridine rings is 1. The van der Waals surface area contributed by atoms with E-state index in [1.807, 2.05) is 0 Å².